The van der Waals surface area contributed by atoms with Gasteiger partial charge in [0.05, 0.1) is 12.8 Å². The molecule has 0 aliphatic carbocycles. The third-order valence-corrected chi connectivity index (χ3v) is 2.87. The lowest BCUT2D eigenvalue weighted by Gasteiger charge is -2.01. The summed E-state index contributed by atoms with van der Waals surface area (Å²) in [5.41, 5.74) is 3.01. The van der Waals surface area contributed by atoms with Crippen molar-refractivity contribution in [3.8, 4) is 5.75 Å². The van der Waals surface area contributed by atoms with Crippen LogP contribution in [0, 0.1) is 6.92 Å². The van der Waals surface area contributed by atoms with E-state index in [0.29, 0.717) is 5.02 Å². The molecule has 0 aromatic heterocycles. The van der Waals surface area contributed by atoms with Crippen LogP contribution < -0.4 is 4.74 Å². The molecule has 0 N–H and O–H groups in total. The van der Waals surface area contributed by atoms with Gasteiger partial charge >= 0.3 is 0 Å². The van der Waals surface area contributed by atoms with Gasteiger partial charge < -0.3 is 4.74 Å². The van der Waals surface area contributed by atoms with Gasteiger partial charge in [0, 0.05) is 11.2 Å². The molecule has 2 rings (SSSR count). The van der Waals surface area contributed by atoms with E-state index in [9.17, 15) is 0 Å². The summed E-state index contributed by atoms with van der Waals surface area (Å²) in [4.78, 5) is 4.44. The van der Waals surface area contributed by atoms with Crippen LogP contribution in [-0.2, 0) is 0 Å². The third-order valence-electron chi connectivity index (χ3n) is 2.64. The lowest BCUT2D eigenvalue weighted by Crippen LogP contribution is -1.84. The predicted molar refractivity (Wildman–Crippen MR) is 76.4 cm³/mol. The Hall–Kier alpha value is -1.80. The standard InChI is InChI=1S/C15H14ClNO/c1-11-3-6-13(16)9-15(11)17-10-12-4-7-14(18-2)8-5-12/h3-10H,1-2H3. The number of ether oxygens (including phenoxy) is 1. The lowest BCUT2D eigenvalue weighted by molar-refractivity contribution is 0.415. The molecule has 3 heteroatoms. The van der Waals surface area contributed by atoms with Gasteiger partial charge in [-0.3, -0.25) is 4.99 Å². The Morgan fingerprint density at radius 3 is 2.50 bits per heavy atom. The van der Waals surface area contributed by atoms with E-state index in [1.165, 1.54) is 0 Å². The van der Waals surface area contributed by atoms with Crippen LogP contribution in [0.15, 0.2) is 47.5 Å². The number of aryl methyl sites for hydroxylation is 1. The highest BCUT2D eigenvalue weighted by Crippen LogP contribution is 2.23. The van der Waals surface area contributed by atoms with Crippen molar-refractivity contribution in [1.29, 1.82) is 0 Å². The topological polar surface area (TPSA) is 21.6 Å². The Balaban J connectivity index is 2.21. The van der Waals surface area contributed by atoms with Gasteiger partial charge in [-0.2, -0.15) is 0 Å². The molecule has 92 valence electrons. The number of nitrogens with zero attached hydrogens (tertiary/aromatic N) is 1. The van der Waals surface area contributed by atoms with Crippen molar-refractivity contribution in [3.63, 3.8) is 0 Å². The molecule has 0 unspecified atom stereocenters. The van der Waals surface area contributed by atoms with Crippen LogP contribution in [0.3, 0.4) is 0 Å². The van der Waals surface area contributed by atoms with Crippen molar-refractivity contribution in [2.45, 2.75) is 6.92 Å². The molecule has 2 aromatic rings. The van der Waals surface area contributed by atoms with Gasteiger partial charge in [-0.05, 0) is 54.4 Å². The van der Waals surface area contributed by atoms with Crippen molar-refractivity contribution in [2.75, 3.05) is 7.11 Å². The maximum absolute atomic E-state index is 5.95. The minimum absolute atomic E-state index is 0.697. The smallest absolute Gasteiger partial charge is 0.118 e. The fraction of sp³-hybridized carbons (Fsp3) is 0.133. The molecule has 0 radical (unpaired) electrons. The molecule has 2 nitrogen and oxygen atoms in total. The van der Waals surface area contributed by atoms with E-state index in [1.54, 1.807) is 7.11 Å². The molecule has 0 heterocycles. The zero-order valence-corrected chi connectivity index (χ0v) is 11.1. The highest BCUT2D eigenvalue weighted by molar-refractivity contribution is 6.30. The molecule has 0 amide bonds. The number of aliphatic imine (C=N–C) groups is 1. The van der Waals surface area contributed by atoms with Crippen LogP contribution in [-0.4, -0.2) is 13.3 Å². The van der Waals surface area contributed by atoms with Crippen molar-refractivity contribution >= 4 is 23.5 Å². The molecule has 0 spiro atoms. The quantitative estimate of drug-likeness (QED) is 0.749. The summed E-state index contributed by atoms with van der Waals surface area (Å²) >= 11 is 5.95. The Kier molecular flexibility index (Phi) is 4.00. The maximum atomic E-state index is 5.95. The summed E-state index contributed by atoms with van der Waals surface area (Å²) in [6.07, 6.45) is 1.82. The largest absolute Gasteiger partial charge is 0.497 e. The monoisotopic (exact) mass is 259 g/mol. The molecule has 0 saturated carbocycles. The average Bonchev–Trinajstić information content (AvgIpc) is 2.40. The molecule has 0 aliphatic heterocycles. The Morgan fingerprint density at radius 2 is 1.83 bits per heavy atom. The van der Waals surface area contributed by atoms with Crippen LogP contribution in [0.25, 0.3) is 0 Å². The number of hydrogen-bond donors (Lipinski definition) is 0. The zero-order valence-electron chi connectivity index (χ0n) is 10.4. The van der Waals surface area contributed by atoms with Crippen molar-refractivity contribution in [1.82, 2.24) is 0 Å². The van der Waals surface area contributed by atoms with E-state index in [1.807, 2.05) is 55.6 Å². The van der Waals surface area contributed by atoms with Crippen LogP contribution in [0.2, 0.25) is 5.02 Å². The van der Waals surface area contributed by atoms with Crippen LogP contribution >= 0.6 is 11.6 Å². The summed E-state index contributed by atoms with van der Waals surface area (Å²) in [6, 6.07) is 13.4. The molecule has 18 heavy (non-hydrogen) atoms. The highest BCUT2D eigenvalue weighted by Gasteiger charge is 1.97. The number of rotatable bonds is 3. The van der Waals surface area contributed by atoms with E-state index in [4.69, 9.17) is 16.3 Å². The Morgan fingerprint density at radius 1 is 1.11 bits per heavy atom. The van der Waals surface area contributed by atoms with Crippen molar-refractivity contribution in [2.24, 2.45) is 4.99 Å². The number of methoxy groups -OCH3 is 1. The SMILES string of the molecule is COc1ccc(C=Nc2cc(Cl)ccc2C)cc1. The number of hydrogen-bond acceptors (Lipinski definition) is 2. The lowest BCUT2D eigenvalue weighted by atomic mass is 10.2. The molecule has 0 bridgehead atoms. The summed E-state index contributed by atoms with van der Waals surface area (Å²) in [6.45, 7) is 2.01. The summed E-state index contributed by atoms with van der Waals surface area (Å²) in [5, 5.41) is 0.697. The molecule has 0 atom stereocenters. The fourth-order valence-electron chi connectivity index (χ4n) is 1.56. The summed E-state index contributed by atoms with van der Waals surface area (Å²) < 4.78 is 5.10. The second-order valence-corrected chi connectivity index (χ2v) is 4.40. The first-order chi connectivity index (χ1) is 8.69. The van der Waals surface area contributed by atoms with Crippen molar-refractivity contribution in [3.05, 3.63) is 58.6 Å². The average molecular weight is 260 g/mol. The van der Waals surface area contributed by atoms with Crippen molar-refractivity contribution < 1.29 is 4.74 Å². The second kappa shape index (κ2) is 5.69. The Labute approximate surface area is 112 Å². The molecular formula is C15H14ClNO. The highest BCUT2D eigenvalue weighted by atomic mass is 35.5. The van der Waals surface area contributed by atoms with Crippen LogP contribution in [0.4, 0.5) is 5.69 Å². The molecule has 0 fully saturated rings. The second-order valence-electron chi connectivity index (χ2n) is 3.96. The third kappa shape index (κ3) is 3.11. The molecular weight excluding hydrogens is 246 g/mol. The predicted octanol–water partition coefficient (Wildman–Crippen LogP) is 4.41. The molecule has 0 saturated heterocycles. The first-order valence-electron chi connectivity index (χ1n) is 5.63. The molecule has 0 aliphatic rings. The summed E-state index contributed by atoms with van der Waals surface area (Å²) in [5.74, 6) is 0.839. The number of halogens is 1. The van der Waals surface area contributed by atoms with Gasteiger partial charge in [0.2, 0.25) is 0 Å². The van der Waals surface area contributed by atoms with Gasteiger partial charge in [0.15, 0.2) is 0 Å². The Bertz CT molecular complexity index is 561. The summed E-state index contributed by atoms with van der Waals surface area (Å²) in [7, 11) is 1.65. The van der Waals surface area contributed by atoms with Gasteiger partial charge in [-0.1, -0.05) is 17.7 Å². The van der Waals surface area contributed by atoms with E-state index in [0.717, 1.165) is 22.6 Å². The van der Waals surface area contributed by atoms with E-state index in [-0.39, 0.29) is 0 Å². The number of benzene rings is 2. The first kappa shape index (κ1) is 12.7. The first-order valence-corrected chi connectivity index (χ1v) is 6.01. The minimum Gasteiger partial charge on any atom is -0.497 e. The van der Waals surface area contributed by atoms with E-state index < -0.39 is 0 Å². The van der Waals surface area contributed by atoms with Crippen LogP contribution in [0.1, 0.15) is 11.1 Å². The fourth-order valence-corrected chi connectivity index (χ4v) is 1.72. The minimum atomic E-state index is 0.697. The van der Waals surface area contributed by atoms with Gasteiger partial charge in [0.1, 0.15) is 5.75 Å². The molecule has 2 aromatic carbocycles. The van der Waals surface area contributed by atoms with Gasteiger partial charge in [0.25, 0.3) is 0 Å². The normalized spacial score (nSPS) is 10.8. The van der Waals surface area contributed by atoms with Crippen LogP contribution in [0.5, 0.6) is 5.75 Å². The van der Waals surface area contributed by atoms with E-state index >= 15 is 0 Å². The van der Waals surface area contributed by atoms with Gasteiger partial charge in [-0.25, -0.2) is 0 Å². The zero-order chi connectivity index (χ0) is 13.0. The maximum Gasteiger partial charge on any atom is 0.118 e. The van der Waals surface area contributed by atoms with Gasteiger partial charge in [-0.15, -0.1) is 0 Å². The van der Waals surface area contributed by atoms with E-state index in [2.05, 4.69) is 4.99 Å².